The molecule has 1 aliphatic rings. The lowest BCUT2D eigenvalue weighted by molar-refractivity contribution is -0.130. The van der Waals surface area contributed by atoms with E-state index in [0.29, 0.717) is 17.9 Å². The summed E-state index contributed by atoms with van der Waals surface area (Å²) in [5, 5.41) is 0. The van der Waals surface area contributed by atoms with Gasteiger partial charge in [0.15, 0.2) is 0 Å². The van der Waals surface area contributed by atoms with Crippen LogP contribution in [-0.4, -0.2) is 23.4 Å². The minimum atomic E-state index is 0.361. The quantitative estimate of drug-likeness (QED) is 0.655. The van der Waals surface area contributed by atoms with Crippen molar-refractivity contribution in [3.05, 3.63) is 0 Å². The molecule has 0 aromatic carbocycles. The van der Waals surface area contributed by atoms with Gasteiger partial charge < -0.3 is 4.90 Å². The molecule has 0 bridgehead atoms. The molecular weight excluding hydrogens is 162 g/mol. The smallest absolute Gasteiger partial charge is 0.222 e. The van der Waals surface area contributed by atoms with Crippen molar-refractivity contribution in [1.29, 1.82) is 0 Å². The molecule has 0 N–H and O–H groups in total. The second-order valence-electron chi connectivity index (χ2n) is 4.01. The first-order valence-corrected chi connectivity index (χ1v) is 5.50. The molecule has 0 aliphatic carbocycles. The third kappa shape index (κ3) is 2.23. The van der Waals surface area contributed by atoms with Gasteiger partial charge in [0.2, 0.25) is 5.91 Å². The zero-order valence-electron chi connectivity index (χ0n) is 9.05. The average Bonchev–Trinajstić information content (AvgIpc) is 2.53. The van der Waals surface area contributed by atoms with E-state index in [1.807, 2.05) is 0 Å². The highest BCUT2D eigenvalue weighted by Gasteiger charge is 2.28. The van der Waals surface area contributed by atoms with Gasteiger partial charge >= 0.3 is 0 Å². The number of likely N-dealkylation sites (tertiary alicyclic amines) is 1. The van der Waals surface area contributed by atoms with Crippen molar-refractivity contribution in [1.82, 2.24) is 4.90 Å². The summed E-state index contributed by atoms with van der Waals surface area (Å²) in [5.74, 6) is 1.04. The fraction of sp³-hybridized carbons (Fsp3) is 0.909. The molecule has 1 unspecified atom stereocenters. The SMILES string of the molecule is CCC(CC)C(C)N1CCCC1=O. The summed E-state index contributed by atoms with van der Waals surface area (Å²) in [4.78, 5) is 13.5. The molecule has 1 rings (SSSR count). The number of nitrogens with zero attached hydrogens (tertiary/aromatic N) is 1. The first-order valence-electron chi connectivity index (χ1n) is 5.50. The van der Waals surface area contributed by atoms with Gasteiger partial charge in [0.1, 0.15) is 0 Å². The lowest BCUT2D eigenvalue weighted by Crippen LogP contribution is -2.38. The van der Waals surface area contributed by atoms with Crippen molar-refractivity contribution in [3.8, 4) is 0 Å². The Labute approximate surface area is 81.3 Å². The van der Waals surface area contributed by atoms with Gasteiger partial charge in [-0.05, 0) is 19.3 Å². The molecule has 13 heavy (non-hydrogen) atoms. The Balaban J connectivity index is 2.54. The molecule has 1 fully saturated rings. The molecule has 1 amide bonds. The summed E-state index contributed by atoms with van der Waals surface area (Å²) in [6, 6.07) is 0.449. The average molecular weight is 183 g/mol. The lowest BCUT2D eigenvalue weighted by Gasteiger charge is -2.30. The van der Waals surface area contributed by atoms with E-state index in [4.69, 9.17) is 0 Å². The zero-order chi connectivity index (χ0) is 9.84. The Morgan fingerprint density at radius 2 is 2.00 bits per heavy atom. The molecule has 0 aromatic rings. The molecule has 0 spiro atoms. The van der Waals surface area contributed by atoms with Crippen LogP contribution in [0.1, 0.15) is 46.5 Å². The third-order valence-electron chi connectivity index (χ3n) is 3.33. The number of amides is 1. The zero-order valence-corrected chi connectivity index (χ0v) is 9.05. The van der Waals surface area contributed by atoms with Crippen LogP contribution in [0.3, 0.4) is 0 Å². The summed E-state index contributed by atoms with van der Waals surface area (Å²) in [6.07, 6.45) is 4.19. The highest BCUT2D eigenvalue weighted by Crippen LogP contribution is 2.22. The summed E-state index contributed by atoms with van der Waals surface area (Å²) in [5.41, 5.74) is 0. The molecule has 2 nitrogen and oxygen atoms in total. The van der Waals surface area contributed by atoms with Gasteiger partial charge in [0.05, 0.1) is 0 Å². The van der Waals surface area contributed by atoms with Crippen LogP contribution in [0.15, 0.2) is 0 Å². The number of hydrogen-bond acceptors (Lipinski definition) is 1. The molecule has 1 heterocycles. The van der Waals surface area contributed by atoms with E-state index in [9.17, 15) is 4.79 Å². The van der Waals surface area contributed by atoms with Crippen molar-refractivity contribution in [3.63, 3.8) is 0 Å². The molecule has 1 atom stereocenters. The second kappa shape index (κ2) is 4.64. The van der Waals surface area contributed by atoms with Crippen LogP contribution in [0.2, 0.25) is 0 Å². The second-order valence-corrected chi connectivity index (χ2v) is 4.01. The third-order valence-corrected chi connectivity index (χ3v) is 3.33. The molecule has 0 aromatic heterocycles. The van der Waals surface area contributed by atoms with Crippen LogP contribution in [0, 0.1) is 5.92 Å². The summed E-state index contributed by atoms with van der Waals surface area (Å²) >= 11 is 0. The minimum Gasteiger partial charge on any atom is -0.340 e. The lowest BCUT2D eigenvalue weighted by atomic mass is 9.94. The van der Waals surface area contributed by atoms with Gasteiger partial charge in [-0.1, -0.05) is 26.7 Å². The van der Waals surface area contributed by atoms with Gasteiger partial charge in [-0.3, -0.25) is 4.79 Å². The summed E-state index contributed by atoms with van der Waals surface area (Å²) < 4.78 is 0. The van der Waals surface area contributed by atoms with E-state index >= 15 is 0 Å². The van der Waals surface area contributed by atoms with Gasteiger partial charge in [0.25, 0.3) is 0 Å². The summed E-state index contributed by atoms with van der Waals surface area (Å²) in [7, 11) is 0. The van der Waals surface area contributed by atoms with Gasteiger partial charge in [-0.15, -0.1) is 0 Å². The number of hydrogen-bond donors (Lipinski definition) is 0. The normalized spacial score (nSPS) is 20.0. The minimum absolute atomic E-state index is 0.361. The monoisotopic (exact) mass is 183 g/mol. The molecule has 0 radical (unpaired) electrons. The van der Waals surface area contributed by atoms with Crippen molar-refractivity contribution < 1.29 is 4.79 Å². The molecule has 1 aliphatic heterocycles. The number of carbonyl (C=O) groups excluding carboxylic acids is 1. The Kier molecular flexibility index (Phi) is 3.76. The fourth-order valence-corrected chi connectivity index (χ4v) is 2.33. The maximum Gasteiger partial charge on any atom is 0.222 e. The molecule has 1 saturated heterocycles. The Bertz CT molecular complexity index is 175. The highest BCUT2D eigenvalue weighted by atomic mass is 16.2. The topological polar surface area (TPSA) is 20.3 Å². The van der Waals surface area contributed by atoms with Crippen LogP contribution in [0.5, 0.6) is 0 Å². The van der Waals surface area contributed by atoms with Crippen molar-refractivity contribution in [2.45, 2.75) is 52.5 Å². The van der Waals surface area contributed by atoms with Gasteiger partial charge in [-0.2, -0.15) is 0 Å². The first-order chi connectivity index (χ1) is 6.20. The van der Waals surface area contributed by atoms with Gasteiger partial charge in [-0.25, -0.2) is 0 Å². The van der Waals surface area contributed by atoms with E-state index in [1.165, 1.54) is 12.8 Å². The van der Waals surface area contributed by atoms with Crippen LogP contribution >= 0.6 is 0 Å². The Morgan fingerprint density at radius 3 is 2.38 bits per heavy atom. The van der Waals surface area contributed by atoms with Gasteiger partial charge in [0, 0.05) is 19.0 Å². The maximum absolute atomic E-state index is 11.5. The van der Waals surface area contributed by atoms with Crippen molar-refractivity contribution in [2.75, 3.05) is 6.54 Å². The predicted octanol–water partition coefficient (Wildman–Crippen LogP) is 2.43. The van der Waals surface area contributed by atoms with Crippen LogP contribution in [0.4, 0.5) is 0 Å². The predicted molar refractivity (Wildman–Crippen MR) is 54.5 cm³/mol. The van der Waals surface area contributed by atoms with Crippen LogP contribution in [0.25, 0.3) is 0 Å². The van der Waals surface area contributed by atoms with Crippen molar-refractivity contribution in [2.24, 2.45) is 5.92 Å². The van der Waals surface area contributed by atoms with Crippen molar-refractivity contribution >= 4 is 5.91 Å². The van der Waals surface area contributed by atoms with E-state index in [-0.39, 0.29) is 0 Å². The largest absolute Gasteiger partial charge is 0.340 e. The molecule has 2 heteroatoms. The van der Waals surface area contributed by atoms with E-state index in [2.05, 4.69) is 25.7 Å². The first kappa shape index (κ1) is 10.6. The van der Waals surface area contributed by atoms with E-state index in [0.717, 1.165) is 19.4 Å². The Hall–Kier alpha value is -0.530. The number of carbonyl (C=O) groups is 1. The Morgan fingerprint density at radius 1 is 1.38 bits per heavy atom. The van der Waals surface area contributed by atoms with Crippen LogP contribution in [-0.2, 0) is 4.79 Å². The summed E-state index contributed by atoms with van der Waals surface area (Å²) in [6.45, 7) is 7.60. The highest BCUT2D eigenvalue weighted by molar-refractivity contribution is 5.78. The fourth-order valence-electron chi connectivity index (χ4n) is 2.33. The molecule has 0 saturated carbocycles. The van der Waals surface area contributed by atoms with Crippen LogP contribution < -0.4 is 0 Å². The molecule has 76 valence electrons. The maximum atomic E-state index is 11.5. The van der Waals surface area contributed by atoms with E-state index < -0.39 is 0 Å². The molecular formula is C11H21NO. The standard InChI is InChI=1S/C11H21NO/c1-4-10(5-2)9(3)12-8-6-7-11(12)13/h9-10H,4-8H2,1-3H3. The number of rotatable bonds is 4. The van der Waals surface area contributed by atoms with E-state index in [1.54, 1.807) is 0 Å².